The van der Waals surface area contributed by atoms with E-state index in [4.69, 9.17) is 17.0 Å². The van der Waals surface area contributed by atoms with Crippen LogP contribution in [0.4, 0.5) is 10.7 Å². The molecule has 164 valence electrons. The predicted octanol–water partition coefficient (Wildman–Crippen LogP) is 4.14. The van der Waals surface area contributed by atoms with Crippen LogP contribution in [0.15, 0.2) is 24.3 Å². The Kier molecular flexibility index (Phi) is 6.57. The number of ether oxygens (including phenoxy) is 1. The molecule has 1 fully saturated rings. The second kappa shape index (κ2) is 9.36. The highest BCUT2D eigenvalue weighted by Gasteiger charge is 2.28. The SMILES string of the molecule is COC(=O)c1c(NC(=S)N2CCN(c3ccc(C(C)=O)cc3)CC2)sc2c1CCCC2. The molecule has 31 heavy (non-hydrogen) atoms. The molecular formula is C23H27N3O3S2. The van der Waals surface area contributed by atoms with Gasteiger partial charge in [0.25, 0.3) is 0 Å². The van der Waals surface area contributed by atoms with E-state index in [1.807, 2.05) is 24.3 Å². The van der Waals surface area contributed by atoms with Crippen LogP contribution in [0.1, 0.15) is 50.9 Å². The highest BCUT2D eigenvalue weighted by molar-refractivity contribution is 7.80. The van der Waals surface area contributed by atoms with E-state index in [0.29, 0.717) is 10.7 Å². The molecule has 1 aliphatic heterocycles. The second-order valence-electron chi connectivity index (χ2n) is 7.91. The maximum atomic E-state index is 12.5. The number of Topliss-reactive ketones (excluding diaryl/α,β-unsaturated/α-hetero) is 1. The van der Waals surface area contributed by atoms with Crippen molar-refractivity contribution in [1.29, 1.82) is 0 Å². The van der Waals surface area contributed by atoms with Crippen LogP contribution in [0.2, 0.25) is 0 Å². The number of aryl methyl sites for hydroxylation is 1. The molecule has 6 nitrogen and oxygen atoms in total. The molecule has 1 aliphatic carbocycles. The summed E-state index contributed by atoms with van der Waals surface area (Å²) in [6, 6.07) is 7.76. The average molecular weight is 458 g/mol. The number of methoxy groups -OCH3 is 1. The van der Waals surface area contributed by atoms with Crippen LogP contribution in [0.5, 0.6) is 0 Å². The number of thiophene rings is 1. The number of piperazine rings is 1. The van der Waals surface area contributed by atoms with E-state index < -0.39 is 0 Å². The van der Waals surface area contributed by atoms with Crippen molar-refractivity contribution in [3.8, 4) is 0 Å². The molecule has 0 saturated carbocycles. The van der Waals surface area contributed by atoms with Crippen molar-refractivity contribution >= 4 is 51.1 Å². The third kappa shape index (κ3) is 4.60. The molecule has 0 amide bonds. The van der Waals surface area contributed by atoms with Gasteiger partial charge in [0.2, 0.25) is 0 Å². The number of ketones is 1. The van der Waals surface area contributed by atoms with Gasteiger partial charge in [-0.1, -0.05) is 0 Å². The molecule has 1 aromatic heterocycles. The Bertz CT molecular complexity index is 992. The third-order valence-corrected chi connectivity index (χ3v) is 7.55. The van der Waals surface area contributed by atoms with E-state index in [-0.39, 0.29) is 11.8 Å². The maximum absolute atomic E-state index is 12.5. The van der Waals surface area contributed by atoms with Gasteiger partial charge in [-0.25, -0.2) is 4.79 Å². The lowest BCUT2D eigenvalue weighted by Crippen LogP contribution is -2.50. The molecule has 1 saturated heterocycles. The smallest absolute Gasteiger partial charge is 0.341 e. The van der Waals surface area contributed by atoms with Crippen molar-refractivity contribution in [3.63, 3.8) is 0 Å². The molecule has 0 radical (unpaired) electrons. The third-order valence-electron chi connectivity index (χ3n) is 5.99. The van der Waals surface area contributed by atoms with Gasteiger partial charge in [0, 0.05) is 42.3 Å². The first-order chi connectivity index (χ1) is 15.0. The lowest BCUT2D eigenvalue weighted by Gasteiger charge is -2.37. The minimum atomic E-state index is -0.288. The zero-order valence-corrected chi connectivity index (χ0v) is 19.5. The number of thiocarbonyl (C=S) groups is 1. The van der Waals surface area contributed by atoms with Crippen LogP contribution < -0.4 is 10.2 Å². The molecule has 8 heteroatoms. The lowest BCUT2D eigenvalue weighted by molar-refractivity contribution is 0.0601. The number of benzene rings is 1. The van der Waals surface area contributed by atoms with Crippen molar-refractivity contribution in [3.05, 3.63) is 45.8 Å². The zero-order chi connectivity index (χ0) is 22.0. The van der Waals surface area contributed by atoms with Crippen molar-refractivity contribution in [2.24, 2.45) is 0 Å². The van der Waals surface area contributed by atoms with E-state index in [9.17, 15) is 9.59 Å². The first kappa shape index (κ1) is 21.8. The van der Waals surface area contributed by atoms with E-state index in [1.54, 1.807) is 18.3 Å². The molecule has 4 rings (SSSR count). The Morgan fingerprint density at radius 2 is 1.74 bits per heavy atom. The van der Waals surface area contributed by atoms with Crippen LogP contribution in [-0.4, -0.2) is 55.1 Å². The van der Waals surface area contributed by atoms with Gasteiger partial charge in [-0.05, 0) is 74.7 Å². The largest absolute Gasteiger partial charge is 0.465 e. The molecule has 0 unspecified atom stereocenters. The minimum Gasteiger partial charge on any atom is -0.465 e. The van der Waals surface area contributed by atoms with E-state index in [0.717, 1.165) is 73.7 Å². The molecule has 0 atom stereocenters. The van der Waals surface area contributed by atoms with Crippen molar-refractivity contribution < 1.29 is 14.3 Å². The molecular weight excluding hydrogens is 430 g/mol. The van der Waals surface area contributed by atoms with Gasteiger partial charge in [-0.3, -0.25) is 4.79 Å². The number of carbonyl (C=O) groups is 2. The van der Waals surface area contributed by atoms with Gasteiger partial charge in [0.15, 0.2) is 10.9 Å². The van der Waals surface area contributed by atoms with Crippen LogP contribution in [0.25, 0.3) is 0 Å². The van der Waals surface area contributed by atoms with Gasteiger partial charge in [-0.2, -0.15) is 0 Å². The van der Waals surface area contributed by atoms with Crippen LogP contribution in [-0.2, 0) is 17.6 Å². The monoisotopic (exact) mass is 457 g/mol. The zero-order valence-electron chi connectivity index (χ0n) is 17.9. The fraction of sp³-hybridized carbons (Fsp3) is 0.435. The minimum absolute atomic E-state index is 0.0781. The van der Waals surface area contributed by atoms with Gasteiger partial charge < -0.3 is 19.9 Å². The Balaban J connectivity index is 1.41. The summed E-state index contributed by atoms with van der Waals surface area (Å²) >= 11 is 7.33. The highest BCUT2D eigenvalue weighted by atomic mass is 32.1. The fourth-order valence-electron chi connectivity index (χ4n) is 4.22. The number of fused-ring (bicyclic) bond motifs is 1. The quantitative estimate of drug-likeness (QED) is 0.421. The number of carbonyl (C=O) groups excluding carboxylic acids is 2. The van der Waals surface area contributed by atoms with E-state index in [1.165, 1.54) is 12.0 Å². The van der Waals surface area contributed by atoms with Crippen LogP contribution in [0.3, 0.4) is 0 Å². The van der Waals surface area contributed by atoms with Crippen LogP contribution >= 0.6 is 23.6 Å². The molecule has 1 aromatic carbocycles. The molecule has 2 heterocycles. The normalized spacial score (nSPS) is 15.9. The summed E-state index contributed by atoms with van der Waals surface area (Å²) in [7, 11) is 1.43. The van der Waals surface area contributed by atoms with Crippen molar-refractivity contribution in [2.75, 3.05) is 43.5 Å². The summed E-state index contributed by atoms with van der Waals surface area (Å²) in [5.41, 5.74) is 3.64. The fourth-order valence-corrected chi connectivity index (χ4v) is 5.85. The van der Waals surface area contributed by atoms with Gasteiger partial charge in [0.05, 0.1) is 12.7 Å². The summed E-state index contributed by atoms with van der Waals surface area (Å²) in [6.45, 7) is 4.84. The summed E-state index contributed by atoms with van der Waals surface area (Å²) < 4.78 is 5.06. The summed E-state index contributed by atoms with van der Waals surface area (Å²) in [5.74, 6) is -0.210. The van der Waals surface area contributed by atoms with E-state index in [2.05, 4.69) is 15.1 Å². The summed E-state index contributed by atoms with van der Waals surface area (Å²) in [5, 5.41) is 4.81. The number of nitrogens with zero attached hydrogens (tertiary/aromatic N) is 2. The molecule has 0 spiro atoms. The molecule has 2 aromatic rings. The molecule has 2 aliphatic rings. The van der Waals surface area contributed by atoms with Gasteiger partial charge in [-0.15, -0.1) is 11.3 Å². The number of hydrogen-bond acceptors (Lipinski definition) is 6. The summed E-state index contributed by atoms with van der Waals surface area (Å²) in [4.78, 5) is 29.7. The predicted molar refractivity (Wildman–Crippen MR) is 129 cm³/mol. The lowest BCUT2D eigenvalue weighted by atomic mass is 9.95. The first-order valence-electron chi connectivity index (χ1n) is 10.6. The van der Waals surface area contributed by atoms with E-state index >= 15 is 0 Å². The summed E-state index contributed by atoms with van der Waals surface area (Å²) in [6.07, 6.45) is 4.20. The van der Waals surface area contributed by atoms with Crippen LogP contribution in [0, 0.1) is 0 Å². The topological polar surface area (TPSA) is 61.9 Å². The van der Waals surface area contributed by atoms with Crippen molar-refractivity contribution in [2.45, 2.75) is 32.6 Å². The standard InChI is InChI=1S/C23H27N3O3S2/c1-15(27)16-7-9-17(10-8-16)25-11-13-26(14-12-25)23(30)24-21-20(22(28)29-2)18-5-3-4-6-19(18)31-21/h7-10H,3-6,11-14H2,1-2H3,(H,24,30). The Morgan fingerprint density at radius 1 is 1.06 bits per heavy atom. The number of anilines is 2. The average Bonchev–Trinajstić information content (AvgIpc) is 3.16. The Labute approximate surface area is 192 Å². The van der Waals surface area contributed by atoms with Crippen molar-refractivity contribution in [1.82, 2.24) is 4.90 Å². The number of nitrogens with one attached hydrogen (secondary N) is 1. The number of rotatable bonds is 4. The highest BCUT2D eigenvalue weighted by Crippen LogP contribution is 2.38. The first-order valence-corrected chi connectivity index (χ1v) is 11.8. The molecule has 1 N–H and O–H groups in total. The molecule has 0 bridgehead atoms. The van der Waals surface area contributed by atoms with Gasteiger partial charge >= 0.3 is 5.97 Å². The van der Waals surface area contributed by atoms with Gasteiger partial charge in [0.1, 0.15) is 5.00 Å². The number of esters is 1. The Morgan fingerprint density at radius 3 is 2.39 bits per heavy atom. The number of hydrogen-bond donors (Lipinski definition) is 1. The second-order valence-corrected chi connectivity index (χ2v) is 9.41. The Hall–Kier alpha value is -2.45. The maximum Gasteiger partial charge on any atom is 0.341 e.